The van der Waals surface area contributed by atoms with E-state index in [1.165, 1.54) is 0 Å². The van der Waals surface area contributed by atoms with Gasteiger partial charge in [0.1, 0.15) is 12.2 Å². The number of rotatable bonds is 1. The van der Waals surface area contributed by atoms with Gasteiger partial charge in [0, 0.05) is 0 Å². The molecule has 64 valence electrons. The van der Waals surface area contributed by atoms with Crippen molar-refractivity contribution >= 4 is 5.91 Å². The van der Waals surface area contributed by atoms with E-state index in [1.807, 2.05) is 0 Å². The number of aliphatic hydroxyl groups excluding tert-OH is 3. The van der Waals surface area contributed by atoms with E-state index in [0.29, 0.717) is 0 Å². The topological polar surface area (TPSA) is 113 Å². The standard InChI is InChI=1S/C5H9NO5/c6-4(9)3-1(7)2(8)5(10)11-3/h1-3,5,7-8,10H,(H2,6,9)/t1-,2-,3+,5?/m1/s1. The zero-order chi connectivity index (χ0) is 8.59. The van der Waals surface area contributed by atoms with Crippen LogP contribution in [0.4, 0.5) is 0 Å². The SMILES string of the molecule is NC(=O)[C@H]1OC(O)[C@H](O)[C@H]1O. The van der Waals surface area contributed by atoms with E-state index < -0.39 is 30.5 Å². The molecule has 1 amide bonds. The molecule has 0 aromatic heterocycles. The van der Waals surface area contributed by atoms with Crippen molar-refractivity contribution in [2.24, 2.45) is 5.73 Å². The van der Waals surface area contributed by atoms with Gasteiger partial charge in [0.05, 0.1) is 0 Å². The third kappa shape index (κ3) is 1.33. The summed E-state index contributed by atoms with van der Waals surface area (Å²) in [6, 6.07) is 0. The minimum Gasteiger partial charge on any atom is -0.387 e. The first-order chi connectivity index (χ1) is 5.04. The lowest BCUT2D eigenvalue weighted by Crippen LogP contribution is -2.39. The predicted octanol–water partition coefficient (Wildman–Crippen LogP) is -3.09. The van der Waals surface area contributed by atoms with Crippen LogP contribution in [0.5, 0.6) is 0 Å². The summed E-state index contributed by atoms with van der Waals surface area (Å²) in [7, 11) is 0. The van der Waals surface area contributed by atoms with Crippen molar-refractivity contribution in [2.75, 3.05) is 0 Å². The van der Waals surface area contributed by atoms with Gasteiger partial charge in [-0.1, -0.05) is 0 Å². The number of ether oxygens (including phenoxy) is 1. The maximum atomic E-state index is 10.4. The van der Waals surface area contributed by atoms with Crippen LogP contribution < -0.4 is 5.73 Å². The summed E-state index contributed by atoms with van der Waals surface area (Å²) >= 11 is 0. The van der Waals surface area contributed by atoms with Gasteiger partial charge in [-0.05, 0) is 0 Å². The molecule has 11 heavy (non-hydrogen) atoms. The molecule has 0 saturated carbocycles. The van der Waals surface area contributed by atoms with Crippen LogP contribution in [0.15, 0.2) is 0 Å². The monoisotopic (exact) mass is 163 g/mol. The molecule has 6 nitrogen and oxygen atoms in total. The Morgan fingerprint density at radius 2 is 1.82 bits per heavy atom. The molecular weight excluding hydrogens is 154 g/mol. The Kier molecular flexibility index (Phi) is 2.10. The van der Waals surface area contributed by atoms with Crippen LogP contribution in [0.1, 0.15) is 0 Å². The normalized spacial score (nSPS) is 44.3. The van der Waals surface area contributed by atoms with Crippen molar-refractivity contribution in [3.8, 4) is 0 Å². The summed E-state index contributed by atoms with van der Waals surface area (Å²) in [5.41, 5.74) is 4.77. The molecule has 6 heteroatoms. The first-order valence-electron chi connectivity index (χ1n) is 3.03. The van der Waals surface area contributed by atoms with E-state index >= 15 is 0 Å². The summed E-state index contributed by atoms with van der Waals surface area (Å²) < 4.78 is 4.43. The van der Waals surface area contributed by atoms with Gasteiger partial charge in [-0.15, -0.1) is 0 Å². The number of aliphatic hydroxyl groups is 3. The zero-order valence-corrected chi connectivity index (χ0v) is 5.54. The highest BCUT2D eigenvalue weighted by molar-refractivity contribution is 5.80. The molecule has 0 aliphatic carbocycles. The van der Waals surface area contributed by atoms with Gasteiger partial charge in [0.2, 0.25) is 5.91 Å². The minimum absolute atomic E-state index is 0.909. The van der Waals surface area contributed by atoms with E-state index in [1.54, 1.807) is 0 Å². The van der Waals surface area contributed by atoms with Crippen molar-refractivity contribution in [3.05, 3.63) is 0 Å². The van der Waals surface area contributed by atoms with Gasteiger partial charge >= 0.3 is 0 Å². The Hall–Kier alpha value is -0.690. The third-order valence-corrected chi connectivity index (χ3v) is 1.52. The molecule has 0 radical (unpaired) electrons. The van der Waals surface area contributed by atoms with Crippen molar-refractivity contribution in [3.63, 3.8) is 0 Å². The molecule has 1 unspecified atom stereocenters. The van der Waals surface area contributed by atoms with E-state index in [-0.39, 0.29) is 0 Å². The quantitative estimate of drug-likeness (QED) is 0.327. The van der Waals surface area contributed by atoms with E-state index in [4.69, 9.17) is 21.1 Å². The number of nitrogens with two attached hydrogens (primary N) is 1. The lowest BCUT2D eigenvalue weighted by Gasteiger charge is -2.09. The maximum absolute atomic E-state index is 10.4. The Morgan fingerprint density at radius 1 is 1.27 bits per heavy atom. The van der Waals surface area contributed by atoms with Crippen LogP contribution in [0.25, 0.3) is 0 Å². The van der Waals surface area contributed by atoms with Crippen molar-refractivity contribution < 1.29 is 24.9 Å². The van der Waals surface area contributed by atoms with Crippen molar-refractivity contribution in [1.29, 1.82) is 0 Å². The molecule has 1 aliphatic heterocycles. The van der Waals surface area contributed by atoms with E-state index in [2.05, 4.69) is 4.74 Å². The third-order valence-electron chi connectivity index (χ3n) is 1.52. The fourth-order valence-corrected chi connectivity index (χ4v) is 0.894. The summed E-state index contributed by atoms with van der Waals surface area (Å²) in [5, 5.41) is 26.6. The van der Waals surface area contributed by atoms with Gasteiger partial charge in [0.25, 0.3) is 0 Å². The number of hydrogen-bond donors (Lipinski definition) is 4. The maximum Gasteiger partial charge on any atom is 0.249 e. The summed E-state index contributed by atoms with van der Waals surface area (Å²) in [6.07, 6.45) is -5.77. The second-order valence-electron chi connectivity index (χ2n) is 2.33. The number of carbonyl (C=O) groups excluding carboxylic acids is 1. The fourth-order valence-electron chi connectivity index (χ4n) is 0.894. The molecule has 1 saturated heterocycles. The first kappa shape index (κ1) is 8.41. The minimum atomic E-state index is -1.54. The van der Waals surface area contributed by atoms with Crippen LogP contribution in [0.3, 0.4) is 0 Å². The Labute approximate surface area is 62.2 Å². The molecule has 0 spiro atoms. The number of carbonyl (C=O) groups is 1. The zero-order valence-electron chi connectivity index (χ0n) is 5.54. The van der Waals surface area contributed by atoms with Crippen molar-refractivity contribution in [1.82, 2.24) is 0 Å². The molecule has 0 aromatic carbocycles. The first-order valence-corrected chi connectivity index (χ1v) is 3.03. The lowest BCUT2D eigenvalue weighted by atomic mass is 10.1. The van der Waals surface area contributed by atoms with Gasteiger partial charge in [-0.2, -0.15) is 0 Å². The average Bonchev–Trinajstić information content (AvgIpc) is 2.17. The second-order valence-corrected chi connectivity index (χ2v) is 2.33. The molecule has 1 heterocycles. The van der Waals surface area contributed by atoms with Crippen LogP contribution in [-0.2, 0) is 9.53 Å². The number of primary amides is 1. The van der Waals surface area contributed by atoms with E-state index in [0.717, 1.165) is 0 Å². The average molecular weight is 163 g/mol. The molecule has 0 bridgehead atoms. The van der Waals surface area contributed by atoms with Gasteiger partial charge in [-0.25, -0.2) is 0 Å². The van der Waals surface area contributed by atoms with Gasteiger partial charge in [0.15, 0.2) is 12.4 Å². The number of amides is 1. The molecule has 1 fully saturated rings. The van der Waals surface area contributed by atoms with Crippen LogP contribution in [0.2, 0.25) is 0 Å². The van der Waals surface area contributed by atoms with Gasteiger partial charge < -0.3 is 25.8 Å². The smallest absolute Gasteiger partial charge is 0.249 e. The fraction of sp³-hybridized carbons (Fsp3) is 0.800. The molecule has 4 atom stereocenters. The van der Waals surface area contributed by atoms with Gasteiger partial charge in [-0.3, -0.25) is 4.79 Å². The van der Waals surface area contributed by atoms with Crippen LogP contribution in [0, 0.1) is 0 Å². The highest BCUT2D eigenvalue weighted by Gasteiger charge is 2.44. The second kappa shape index (κ2) is 2.74. The molecule has 1 aliphatic rings. The molecule has 0 aromatic rings. The van der Waals surface area contributed by atoms with E-state index in [9.17, 15) is 4.79 Å². The molecule has 5 N–H and O–H groups in total. The molecular formula is C5H9NO5. The Bertz CT molecular complexity index is 172. The summed E-state index contributed by atoms with van der Waals surface area (Å²) in [5.74, 6) is -0.909. The lowest BCUT2D eigenvalue weighted by molar-refractivity contribution is -0.148. The summed E-state index contributed by atoms with van der Waals surface area (Å²) in [4.78, 5) is 10.4. The number of hydrogen-bond acceptors (Lipinski definition) is 5. The Balaban J connectivity index is 2.67. The predicted molar refractivity (Wildman–Crippen MR) is 32.1 cm³/mol. The van der Waals surface area contributed by atoms with Crippen LogP contribution >= 0.6 is 0 Å². The van der Waals surface area contributed by atoms with Crippen molar-refractivity contribution in [2.45, 2.75) is 24.6 Å². The Morgan fingerprint density at radius 3 is 2.00 bits per heavy atom. The molecule has 1 rings (SSSR count). The highest BCUT2D eigenvalue weighted by atomic mass is 16.6. The highest BCUT2D eigenvalue weighted by Crippen LogP contribution is 2.18. The van der Waals surface area contributed by atoms with Crippen LogP contribution in [-0.4, -0.2) is 45.8 Å². The largest absolute Gasteiger partial charge is 0.387 e. The summed E-state index contributed by atoms with van der Waals surface area (Å²) in [6.45, 7) is 0.